The first-order valence-corrected chi connectivity index (χ1v) is 6.59. The largest absolute Gasteiger partial charge is 0.381 e. The van der Waals surface area contributed by atoms with Gasteiger partial charge in [0.05, 0.1) is 0 Å². The summed E-state index contributed by atoms with van der Waals surface area (Å²) in [4.78, 5) is 2.51. The maximum absolute atomic E-state index is 5.46. The number of nitrogens with zero attached hydrogens (tertiary/aromatic N) is 1. The second-order valence-electron chi connectivity index (χ2n) is 5.74. The molecule has 17 heavy (non-hydrogen) atoms. The van der Waals surface area contributed by atoms with Crippen molar-refractivity contribution < 1.29 is 4.74 Å². The van der Waals surface area contributed by atoms with Crippen LogP contribution in [0.5, 0.6) is 0 Å². The summed E-state index contributed by atoms with van der Waals surface area (Å²) in [7, 11) is 0. The highest BCUT2D eigenvalue weighted by Gasteiger charge is 2.43. The average Bonchev–Trinajstić information content (AvgIpc) is 2.31. The van der Waals surface area contributed by atoms with E-state index < -0.39 is 0 Å². The molecule has 3 rings (SSSR count). The first-order valence-electron chi connectivity index (χ1n) is 6.59. The number of benzene rings is 1. The Morgan fingerprint density at radius 3 is 2.41 bits per heavy atom. The molecule has 2 aliphatic heterocycles. The molecule has 0 N–H and O–H groups in total. The first kappa shape index (κ1) is 11.1. The summed E-state index contributed by atoms with van der Waals surface area (Å²) < 4.78 is 5.46. The van der Waals surface area contributed by atoms with E-state index in [0.29, 0.717) is 5.41 Å². The van der Waals surface area contributed by atoms with Crippen molar-refractivity contribution in [3.8, 4) is 0 Å². The third kappa shape index (κ3) is 1.95. The summed E-state index contributed by atoms with van der Waals surface area (Å²) in [6.07, 6.45) is 2.49. The fourth-order valence-electron chi connectivity index (χ4n) is 2.99. The molecule has 0 radical (unpaired) electrons. The summed E-state index contributed by atoms with van der Waals surface area (Å²) >= 11 is 0. The maximum atomic E-state index is 5.46. The minimum absolute atomic E-state index is 0.567. The van der Waals surface area contributed by atoms with E-state index in [9.17, 15) is 0 Å². The van der Waals surface area contributed by atoms with E-state index in [1.165, 1.54) is 42.7 Å². The van der Waals surface area contributed by atoms with Crippen molar-refractivity contribution in [2.75, 3.05) is 31.2 Å². The number of hydrogen-bond acceptors (Lipinski definition) is 2. The second kappa shape index (κ2) is 4.02. The van der Waals surface area contributed by atoms with E-state index in [1.807, 2.05) is 0 Å². The Balaban J connectivity index is 1.70. The topological polar surface area (TPSA) is 12.5 Å². The Morgan fingerprint density at radius 1 is 1.06 bits per heavy atom. The van der Waals surface area contributed by atoms with Crippen LogP contribution in [0.3, 0.4) is 0 Å². The van der Waals surface area contributed by atoms with Gasteiger partial charge in [-0.1, -0.05) is 6.07 Å². The number of aryl methyl sites for hydroxylation is 2. The smallest absolute Gasteiger partial charge is 0.0472 e. The molecular weight excluding hydrogens is 210 g/mol. The minimum atomic E-state index is 0.567. The van der Waals surface area contributed by atoms with Gasteiger partial charge in [0, 0.05) is 37.4 Å². The van der Waals surface area contributed by atoms with E-state index in [0.717, 1.165) is 13.2 Å². The van der Waals surface area contributed by atoms with Gasteiger partial charge in [-0.2, -0.15) is 0 Å². The molecule has 0 aliphatic carbocycles. The van der Waals surface area contributed by atoms with E-state index in [-0.39, 0.29) is 0 Å². The molecule has 1 aromatic rings. The lowest BCUT2D eigenvalue weighted by Crippen LogP contribution is -2.58. The van der Waals surface area contributed by atoms with Gasteiger partial charge in [-0.25, -0.2) is 0 Å². The zero-order valence-electron chi connectivity index (χ0n) is 10.8. The molecule has 2 heteroatoms. The molecule has 0 saturated carbocycles. The molecule has 0 amide bonds. The molecule has 2 nitrogen and oxygen atoms in total. The fourth-order valence-corrected chi connectivity index (χ4v) is 2.99. The summed E-state index contributed by atoms with van der Waals surface area (Å²) in [5, 5.41) is 0. The van der Waals surface area contributed by atoms with Crippen LogP contribution in [0, 0.1) is 19.3 Å². The zero-order chi connectivity index (χ0) is 11.9. The van der Waals surface area contributed by atoms with Crippen LogP contribution in [-0.4, -0.2) is 26.3 Å². The fraction of sp³-hybridized carbons (Fsp3) is 0.600. The van der Waals surface area contributed by atoms with Crippen molar-refractivity contribution >= 4 is 5.69 Å². The van der Waals surface area contributed by atoms with E-state index >= 15 is 0 Å². The lowest BCUT2D eigenvalue weighted by molar-refractivity contribution is -0.000194. The lowest BCUT2D eigenvalue weighted by atomic mass is 9.73. The number of anilines is 1. The maximum Gasteiger partial charge on any atom is 0.0472 e. The van der Waals surface area contributed by atoms with Crippen molar-refractivity contribution in [1.82, 2.24) is 0 Å². The second-order valence-corrected chi connectivity index (χ2v) is 5.74. The minimum Gasteiger partial charge on any atom is -0.381 e. The molecule has 0 bridgehead atoms. The summed E-state index contributed by atoms with van der Waals surface area (Å²) in [6, 6.07) is 6.82. The monoisotopic (exact) mass is 231 g/mol. The lowest BCUT2D eigenvalue weighted by Gasteiger charge is -2.53. The van der Waals surface area contributed by atoms with Gasteiger partial charge in [0.2, 0.25) is 0 Å². The number of hydrogen-bond donors (Lipinski definition) is 0. The molecule has 0 atom stereocenters. The van der Waals surface area contributed by atoms with Gasteiger partial charge in [0.1, 0.15) is 0 Å². The van der Waals surface area contributed by atoms with Crippen LogP contribution in [-0.2, 0) is 4.74 Å². The molecule has 1 spiro atoms. The normalized spacial score (nSPS) is 22.6. The van der Waals surface area contributed by atoms with E-state index in [4.69, 9.17) is 4.74 Å². The highest BCUT2D eigenvalue weighted by molar-refractivity contribution is 5.53. The summed E-state index contributed by atoms with van der Waals surface area (Å²) in [5.41, 5.74) is 4.74. The van der Waals surface area contributed by atoms with Gasteiger partial charge in [0.25, 0.3) is 0 Å². The Labute approximate surface area is 104 Å². The number of ether oxygens (including phenoxy) is 1. The molecule has 2 saturated heterocycles. The van der Waals surface area contributed by atoms with Gasteiger partial charge < -0.3 is 9.64 Å². The van der Waals surface area contributed by atoms with Crippen molar-refractivity contribution in [3.05, 3.63) is 29.3 Å². The van der Waals surface area contributed by atoms with Crippen molar-refractivity contribution in [2.24, 2.45) is 5.41 Å². The third-order valence-corrected chi connectivity index (χ3v) is 4.46. The molecular formula is C15H21NO. The standard InChI is InChI=1S/C15H21NO/c1-12-3-4-14(9-13(12)2)16-10-15(11-16)5-7-17-8-6-15/h3-4,9H,5-8,10-11H2,1-2H3. The Hall–Kier alpha value is -1.02. The van der Waals surface area contributed by atoms with Crippen LogP contribution in [0.15, 0.2) is 18.2 Å². The van der Waals surface area contributed by atoms with Gasteiger partial charge in [-0.3, -0.25) is 0 Å². The van der Waals surface area contributed by atoms with Gasteiger partial charge in [0.15, 0.2) is 0 Å². The van der Waals surface area contributed by atoms with E-state index in [2.05, 4.69) is 36.9 Å². The quantitative estimate of drug-likeness (QED) is 0.737. The van der Waals surface area contributed by atoms with E-state index in [1.54, 1.807) is 0 Å². The van der Waals surface area contributed by atoms with Gasteiger partial charge >= 0.3 is 0 Å². The molecule has 1 aromatic carbocycles. The van der Waals surface area contributed by atoms with Crippen LogP contribution < -0.4 is 4.90 Å². The van der Waals surface area contributed by atoms with Gasteiger partial charge in [-0.15, -0.1) is 0 Å². The highest BCUT2D eigenvalue weighted by atomic mass is 16.5. The highest BCUT2D eigenvalue weighted by Crippen LogP contribution is 2.42. The van der Waals surface area contributed by atoms with Crippen molar-refractivity contribution in [3.63, 3.8) is 0 Å². The zero-order valence-corrected chi connectivity index (χ0v) is 10.8. The SMILES string of the molecule is Cc1ccc(N2CC3(CCOCC3)C2)cc1C. The van der Waals surface area contributed by atoms with Crippen LogP contribution in [0.2, 0.25) is 0 Å². The first-order chi connectivity index (χ1) is 8.19. The van der Waals surface area contributed by atoms with Crippen LogP contribution in [0.4, 0.5) is 5.69 Å². The van der Waals surface area contributed by atoms with Gasteiger partial charge in [-0.05, 0) is 49.9 Å². The van der Waals surface area contributed by atoms with Crippen LogP contribution in [0.1, 0.15) is 24.0 Å². The predicted molar refractivity (Wildman–Crippen MR) is 70.6 cm³/mol. The Morgan fingerprint density at radius 2 is 1.76 bits per heavy atom. The van der Waals surface area contributed by atoms with Crippen molar-refractivity contribution in [1.29, 1.82) is 0 Å². The third-order valence-electron chi connectivity index (χ3n) is 4.46. The molecule has 0 aromatic heterocycles. The van der Waals surface area contributed by atoms with Crippen LogP contribution in [0.25, 0.3) is 0 Å². The Kier molecular flexibility index (Phi) is 2.62. The molecule has 92 valence electrons. The molecule has 0 unspecified atom stereocenters. The van der Waals surface area contributed by atoms with Crippen LogP contribution >= 0.6 is 0 Å². The average molecular weight is 231 g/mol. The Bertz CT molecular complexity index is 413. The summed E-state index contributed by atoms with van der Waals surface area (Å²) in [6.45, 7) is 8.73. The summed E-state index contributed by atoms with van der Waals surface area (Å²) in [5.74, 6) is 0. The molecule has 2 aliphatic rings. The predicted octanol–water partition coefficient (Wildman–Crippen LogP) is 2.92. The van der Waals surface area contributed by atoms with Crippen molar-refractivity contribution in [2.45, 2.75) is 26.7 Å². The molecule has 2 fully saturated rings. The number of rotatable bonds is 1. The molecule has 2 heterocycles.